The van der Waals surface area contributed by atoms with E-state index in [1.807, 2.05) is 0 Å². The summed E-state index contributed by atoms with van der Waals surface area (Å²) in [6, 6.07) is 0. The van der Waals surface area contributed by atoms with Gasteiger partial charge in [-0.25, -0.2) is 0 Å². The van der Waals surface area contributed by atoms with Crippen molar-refractivity contribution in [3.8, 4) is 0 Å². The predicted molar refractivity (Wildman–Crippen MR) is 35.7 cm³/mol. The van der Waals surface area contributed by atoms with Crippen LogP contribution in [0.15, 0.2) is 12.7 Å². The van der Waals surface area contributed by atoms with Gasteiger partial charge >= 0.3 is 0 Å². The molecule has 0 aromatic carbocycles. The lowest BCUT2D eigenvalue weighted by atomic mass is 10.8. The minimum atomic E-state index is 0.778. The Morgan fingerprint density at radius 1 is 1.67 bits per heavy atom. The van der Waals surface area contributed by atoms with Crippen LogP contribution in [0.2, 0.25) is 0 Å². The zero-order valence-electron chi connectivity index (χ0n) is 3.33. The van der Waals surface area contributed by atoms with E-state index >= 15 is 0 Å². The minimum Gasteiger partial charge on any atom is -0.333 e. The van der Waals surface area contributed by atoms with Gasteiger partial charge in [0.2, 0.25) is 0 Å². The van der Waals surface area contributed by atoms with E-state index in [1.165, 1.54) is 0 Å². The first-order valence-corrected chi connectivity index (χ1v) is 2.37. The maximum atomic E-state index is 6.69. The molecule has 0 bridgehead atoms. The van der Waals surface area contributed by atoms with E-state index in [9.17, 15) is 0 Å². The molecule has 0 amide bonds. The lowest BCUT2D eigenvalue weighted by Crippen LogP contribution is -1.45. The Labute approximate surface area is 49.1 Å². The lowest BCUT2D eigenvalue weighted by Gasteiger charge is -1.57. The van der Waals surface area contributed by atoms with Crippen LogP contribution in [0, 0.1) is 0 Å². The predicted octanol–water partition coefficient (Wildman–Crippen LogP) is 1.49. The highest BCUT2D eigenvalue weighted by atomic mass is 32.1. The van der Waals surface area contributed by atoms with Crippen molar-refractivity contribution >= 4 is 25.5 Å². The molecular formula is C3H8OS2. The van der Waals surface area contributed by atoms with Crippen LogP contribution in [0.4, 0.5) is 0 Å². The van der Waals surface area contributed by atoms with Gasteiger partial charge in [0.05, 0.1) is 0 Å². The zero-order valence-corrected chi connectivity index (χ0v) is 5.12. The van der Waals surface area contributed by atoms with Crippen molar-refractivity contribution in [3.63, 3.8) is 0 Å². The molecule has 0 saturated carbocycles. The summed E-state index contributed by atoms with van der Waals surface area (Å²) in [4.78, 5) is 0. The van der Waals surface area contributed by atoms with Crippen molar-refractivity contribution in [2.24, 2.45) is 0 Å². The highest BCUT2D eigenvalue weighted by Gasteiger charge is 1.45. The minimum absolute atomic E-state index is 0.778. The van der Waals surface area contributed by atoms with Gasteiger partial charge in [-0.1, -0.05) is 6.08 Å². The summed E-state index contributed by atoms with van der Waals surface area (Å²) in [7, 11) is 0. The first-order chi connectivity index (χ1) is 2.91. The zero-order chi connectivity index (χ0) is 5.41. The molecule has 1 N–H and O–H groups in total. The van der Waals surface area contributed by atoms with Gasteiger partial charge in [0.25, 0.3) is 0 Å². The molecule has 0 fully saturated rings. The quantitative estimate of drug-likeness (QED) is 0.275. The molecule has 3 heteroatoms. The second-order valence-corrected chi connectivity index (χ2v) is 0.836. The van der Waals surface area contributed by atoms with Crippen LogP contribution in [0.3, 0.4) is 0 Å². The Kier molecular flexibility index (Phi) is 29.2. The monoisotopic (exact) mass is 124 g/mol. The Morgan fingerprint density at radius 2 is 1.83 bits per heavy atom. The fraction of sp³-hybridized carbons (Fsp3) is 0.333. The summed E-state index contributed by atoms with van der Waals surface area (Å²) in [6.45, 7) is 3.40. The van der Waals surface area contributed by atoms with Crippen LogP contribution < -0.4 is 0 Å². The van der Waals surface area contributed by atoms with Crippen LogP contribution in [-0.4, -0.2) is 10.3 Å². The fourth-order valence-corrected chi connectivity index (χ4v) is 0. The summed E-state index contributed by atoms with van der Waals surface area (Å²) >= 11 is 6.33. The third-order valence-electron chi connectivity index (χ3n) is 0.129. The normalized spacial score (nSPS) is 5.17. The van der Waals surface area contributed by atoms with Gasteiger partial charge in [-0.2, -0.15) is 12.6 Å². The topological polar surface area (TPSA) is 20.2 Å². The molecule has 6 heavy (non-hydrogen) atoms. The number of hydrogen-bond acceptors (Lipinski definition) is 3. The first-order valence-electron chi connectivity index (χ1n) is 1.33. The second-order valence-electron chi connectivity index (χ2n) is 0.471. The van der Waals surface area contributed by atoms with Crippen molar-refractivity contribution in [2.45, 2.75) is 0 Å². The molecule has 0 aliphatic carbocycles. The highest BCUT2D eigenvalue weighted by molar-refractivity contribution is 7.80. The van der Waals surface area contributed by atoms with Crippen LogP contribution in [-0.2, 0) is 0 Å². The van der Waals surface area contributed by atoms with E-state index in [0.29, 0.717) is 0 Å². The number of rotatable bonds is 1. The van der Waals surface area contributed by atoms with Gasteiger partial charge < -0.3 is 4.55 Å². The summed E-state index contributed by atoms with van der Waals surface area (Å²) in [5, 5.41) is 0. The summed E-state index contributed by atoms with van der Waals surface area (Å²) < 4.78 is 6.69. The average Bonchev–Trinajstić information content (AvgIpc) is 1.72. The van der Waals surface area contributed by atoms with E-state index < -0.39 is 0 Å². The van der Waals surface area contributed by atoms with Crippen LogP contribution in [0.5, 0.6) is 0 Å². The largest absolute Gasteiger partial charge is 0.333 e. The summed E-state index contributed by atoms with van der Waals surface area (Å²) in [5.41, 5.74) is 0. The highest BCUT2D eigenvalue weighted by Crippen LogP contribution is 1.65. The molecule has 0 radical (unpaired) electrons. The van der Waals surface area contributed by atoms with Crippen molar-refractivity contribution < 1.29 is 4.55 Å². The average molecular weight is 124 g/mol. The first kappa shape index (κ1) is 9.64. The van der Waals surface area contributed by atoms with E-state index in [0.717, 1.165) is 5.75 Å². The van der Waals surface area contributed by atoms with Crippen LogP contribution in [0.25, 0.3) is 0 Å². The molecule has 1 nitrogen and oxygen atoms in total. The van der Waals surface area contributed by atoms with Crippen molar-refractivity contribution in [1.82, 2.24) is 0 Å². The van der Waals surface area contributed by atoms with E-state index in [4.69, 9.17) is 4.55 Å². The van der Waals surface area contributed by atoms with Crippen LogP contribution >= 0.6 is 25.5 Å². The van der Waals surface area contributed by atoms with Gasteiger partial charge in [0.15, 0.2) is 0 Å². The van der Waals surface area contributed by atoms with Gasteiger partial charge in [-0.15, -0.1) is 6.58 Å². The van der Waals surface area contributed by atoms with E-state index in [-0.39, 0.29) is 0 Å². The lowest BCUT2D eigenvalue weighted by molar-refractivity contribution is 0.679. The molecule has 0 spiro atoms. The number of hydrogen-bond donors (Lipinski definition) is 3. The molecule has 0 aromatic rings. The molecule has 0 aliphatic heterocycles. The molecular weight excluding hydrogens is 116 g/mol. The molecule has 0 saturated heterocycles. The van der Waals surface area contributed by atoms with Crippen molar-refractivity contribution in [1.29, 1.82) is 0 Å². The molecule has 0 unspecified atom stereocenters. The molecule has 0 aromatic heterocycles. The van der Waals surface area contributed by atoms with E-state index in [1.54, 1.807) is 6.08 Å². The molecule has 38 valence electrons. The van der Waals surface area contributed by atoms with Crippen molar-refractivity contribution in [2.75, 3.05) is 5.75 Å². The SMILES string of the molecule is C=CCS.OS. The molecule has 0 heterocycles. The summed E-state index contributed by atoms with van der Waals surface area (Å²) in [5.74, 6) is 0.778. The Bertz CT molecular complexity index is 22.8. The van der Waals surface area contributed by atoms with Gasteiger partial charge in [0.1, 0.15) is 0 Å². The summed E-state index contributed by atoms with van der Waals surface area (Å²) in [6.07, 6.45) is 1.74. The maximum absolute atomic E-state index is 6.69. The van der Waals surface area contributed by atoms with Crippen molar-refractivity contribution in [3.05, 3.63) is 12.7 Å². The fourth-order valence-electron chi connectivity index (χ4n) is 0. The molecule has 0 aliphatic rings. The second kappa shape index (κ2) is 18.2. The van der Waals surface area contributed by atoms with Gasteiger partial charge in [-0.05, 0) is 12.9 Å². The van der Waals surface area contributed by atoms with Crippen LogP contribution in [0.1, 0.15) is 0 Å². The van der Waals surface area contributed by atoms with Gasteiger partial charge in [-0.3, -0.25) is 0 Å². The third kappa shape index (κ3) is 26.0. The van der Waals surface area contributed by atoms with E-state index in [2.05, 4.69) is 32.1 Å². The Hall–Kier alpha value is 0.400. The van der Waals surface area contributed by atoms with Gasteiger partial charge in [0, 0.05) is 5.75 Å². The Morgan fingerprint density at radius 3 is 1.83 bits per heavy atom. The molecule has 0 atom stereocenters. The standard InChI is InChI=1S/C3H6S.H2OS/c1-2-3-4;1-2/h2,4H,1,3H2;1-2H. The molecule has 0 rings (SSSR count). The third-order valence-corrected chi connectivity index (χ3v) is 0.387. The number of thiol groups is 2. The maximum Gasteiger partial charge on any atom is 0.00799 e. The smallest absolute Gasteiger partial charge is 0.00799 e. The Balaban J connectivity index is 0.